The van der Waals surface area contributed by atoms with E-state index < -0.39 is 17.7 Å². The Morgan fingerprint density at radius 1 is 1.00 bits per heavy atom. The molecule has 1 N–H and O–H groups in total. The number of aliphatic hydroxyl groups excluding tert-OH is 1. The summed E-state index contributed by atoms with van der Waals surface area (Å²) in [5.41, 5.74) is 0.365. The first-order valence-electron chi connectivity index (χ1n) is 5.81. The first-order valence-corrected chi connectivity index (χ1v) is 5.81. The van der Waals surface area contributed by atoms with Crippen molar-refractivity contribution in [3.63, 3.8) is 0 Å². The highest BCUT2D eigenvalue weighted by Gasteiger charge is 2.23. The van der Waals surface area contributed by atoms with E-state index in [-0.39, 0.29) is 5.92 Å². The van der Waals surface area contributed by atoms with E-state index in [1.807, 2.05) is 0 Å². The molecule has 0 unspecified atom stereocenters. The SMILES string of the molecule is O[C@@H](c1cc(F)cc(F)c1)C1CCCCC1. The second-order valence-corrected chi connectivity index (χ2v) is 4.55. The summed E-state index contributed by atoms with van der Waals surface area (Å²) in [6.45, 7) is 0. The molecule has 1 fully saturated rings. The van der Waals surface area contributed by atoms with Crippen molar-refractivity contribution in [2.45, 2.75) is 38.2 Å². The van der Waals surface area contributed by atoms with Crippen molar-refractivity contribution in [3.8, 4) is 0 Å². The Hall–Kier alpha value is -0.960. The quantitative estimate of drug-likeness (QED) is 0.817. The first-order chi connectivity index (χ1) is 7.66. The second kappa shape index (κ2) is 4.91. The van der Waals surface area contributed by atoms with Crippen LogP contribution in [0.2, 0.25) is 0 Å². The van der Waals surface area contributed by atoms with Crippen molar-refractivity contribution in [2.75, 3.05) is 0 Å². The Balaban J connectivity index is 2.15. The molecule has 0 aromatic heterocycles. The lowest BCUT2D eigenvalue weighted by Gasteiger charge is -2.26. The highest BCUT2D eigenvalue weighted by molar-refractivity contribution is 5.20. The van der Waals surface area contributed by atoms with Crippen molar-refractivity contribution < 1.29 is 13.9 Å². The van der Waals surface area contributed by atoms with E-state index >= 15 is 0 Å². The van der Waals surface area contributed by atoms with E-state index in [0.29, 0.717) is 5.56 Å². The van der Waals surface area contributed by atoms with Gasteiger partial charge in [0.25, 0.3) is 0 Å². The summed E-state index contributed by atoms with van der Waals surface area (Å²) < 4.78 is 26.0. The van der Waals surface area contributed by atoms with E-state index in [0.717, 1.165) is 31.7 Å². The molecule has 0 aliphatic heterocycles. The maximum atomic E-state index is 13.0. The fourth-order valence-corrected chi connectivity index (χ4v) is 2.47. The third-order valence-corrected chi connectivity index (χ3v) is 3.32. The number of hydrogen-bond acceptors (Lipinski definition) is 1. The molecule has 3 heteroatoms. The number of halogens is 2. The van der Waals surface area contributed by atoms with Crippen LogP contribution in [-0.2, 0) is 0 Å². The van der Waals surface area contributed by atoms with Crippen LogP contribution < -0.4 is 0 Å². The summed E-state index contributed by atoms with van der Waals surface area (Å²) in [6, 6.07) is 3.28. The fourth-order valence-electron chi connectivity index (χ4n) is 2.47. The summed E-state index contributed by atoms with van der Waals surface area (Å²) in [4.78, 5) is 0. The van der Waals surface area contributed by atoms with Gasteiger partial charge in [0.1, 0.15) is 11.6 Å². The predicted molar refractivity (Wildman–Crippen MR) is 57.9 cm³/mol. The van der Waals surface area contributed by atoms with Gasteiger partial charge < -0.3 is 5.11 Å². The lowest BCUT2D eigenvalue weighted by atomic mass is 9.83. The third-order valence-electron chi connectivity index (χ3n) is 3.32. The summed E-state index contributed by atoms with van der Waals surface area (Å²) in [5, 5.41) is 10.1. The maximum absolute atomic E-state index is 13.0. The third kappa shape index (κ3) is 2.59. The van der Waals surface area contributed by atoms with E-state index in [1.54, 1.807) is 0 Å². The van der Waals surface area contributed by atoms with Gasteiger partial charge in [-0.2, -0.15) is 0 Å². The molecule has 1 saturated carbocycles. The molecule has 88 valence electrons. The van der Waals surface area contributed by atoms with Gasteiger partial charge >= 0.3 is 0 Å². The molecular formula is C13H16F2O. The van der Waals surface area contributed by atoms with Gasteiger partial charge in [-0.05, 0) is 36.5 Å². The van der Waals surface area contributed by atoms with Crippen molar-refractivity contribution >= 4 is 0 Å². The smallest absolute Gasteiger partial charge is 0.126 e. The second-order valence-electron chi connectivity index (χ2n) is 4.55. The molecule has 0 bridgehead atoms. The molecule has 2 rings (SSSR count). The summed E-state index contributed by atoms with van der Waals surface area (Å²) in [6.07, 6.45) is 4.55. The minimum absolute atomic E-state index is 0.148. The van der Waals surface area contributed by atoms with Gasteiger partial charge in [0.2, 0.25) is 0 Å². The normalized spacial score (nSPS) is 19.7. The Morgan fingerprint density at radius 3 is 2.12 bits per heavy atom. The molecule has 0 spiro atoms. The zero-order valence-corrected chi connectivity index (χ0v) is 9.13. The average molecular weight is 226 g/mol. The molecule has 1 atom stereocenters. The Bertz CT molecular complexity index is 339. The highest BCUT2D eigenvalue weighted by atomic mass is 19.1. The van der Waals surface area contributed by atoms with Crippen LogP contribution in [0.3, 0.4) is 0 Å². The number of hydrogen-bond donors (Lipinski definition) is 1. The van der Waals surface area contributed by atoms with Crippen LogP contribution in [0.15, 0.2) is 18.2 Å². The molecule has 1 aromatic carbocycles. The standard InChI is InChI=1S/C13H16F2O/c14-11-6-10(7-12(15)8-11)13(16)9-4-2-1-3-5-9/h6-9,13,16H,1-5H2/t13-/m1/s1. The maximum Gasteiger partial charge on any atom is 0.126 e. The summed E-state index contributed by atoms with van der Waals surface area (Å²) in [5.74, 6) is -1.09. The van der Waals surface area contributed by atoms with E-state index in [1.165, 1.54) is 18.6 Å². The van der Waals surface area contributed by atoms with Crippen LogP contribution in [0.5, 0.6) is 0 Å². The number of aliphatic hydroxyl groups is 1. The topological polar surface area (TPSA) is 20.2 Å². The van der Waals surface area contributed by atoms with Crippen molar-refractivity contribution in [3.05, 3.63) is 35.4 Å². The molecule has 1 aliphatic carbocycles. The fraction of sp³-hybridized carbons (Fsp3) is 0.538. The molecule has 0 amide bonds. The highest BCUT2D eigenvalue weighted by Crippen LogP contribution is 2.34. The molecule has 0 heterocycles. The van der Waals surface area contributed by atoms with Crippen molar-refractivity contribution in [2.24, 2.45) is 5.92 Å². The van der Waals surface area contributed by atoms with Crippen LogP contribution in [0, 0.1) is 17.6 Å². The minimum Gasteiger partial charge on any atom is -0.388 e. The van der Waals surface area contributed by atoms with Gasteiger partial charge in [-0.3, -0.25) is 0 Å². The summed E-state index contributed by atoms with van der Waals surface area (Å²) >= 11 is 0. The molecule has 1 nitrogen and oxygen atoms in total. The van der Waals surface area contributed by atoms with Gasteiger partial charge in [0.15, 0.2) is 0 Å². The molecule has 0 saturated heterocycles. The van der Waals surface area contributed by atoms with Crippen molar-refractivity contribution in [1.82, 2.24) is 0 Å². The minimum atomic E-state index is -0.731. The van der Waals surface area contributed by atoms with E-state index in [2.05, 4.69) is 0 Å². The molecular weight excluding hydrogens is 210 g/mol. The zero-order valence-electron chi connectivity index (χ0n) is 9.13. The largest absolute Gasteiger partial charge is 0.388 e. The van der Waals surface area contributed by atoms with Crippen LogP contribution in [0.1, 0.15) is 43.8 Å². The lowest BCUT2D eigenvalue weighted by Crippen LogP contribution is -2.16. The first kappa shape index (κ1) is 11.5. The van der Waals surface area contributed by atoms with Crippen LogP contribution in [-0.4, -0.2) is 5.11 Å². The lowest BCUT2D eigenvalue weighted by molar-refractivity contribution is 0.0843. The van der Waals surface area contributed by atoms with Crippen LogP contribution in [0.25, 0.3) is 0 Å². The van der Waals surface area contributed by atoms with Crippen LogP contribution in [0.4, 0.5) is 8.78 Å². The van der Waals surface area contributed by atoms with Gasteiger partial charge in [0, 0.05) is 6.07 Å². The Kier molecular flexibility index (Phi) is 3.54. The van der Waals surface area contributed by atoms with Crippen LogP contribution >= 0.6 is 0 Å². The molecule has 1 aliphatic rings. The van der Waals surface area contributed by atoms with Gasteiger partial charge in [-0.15, -0.1) is 0 Å². The van der Waals surface area contributed by atoms with E-state index in [9.17, 15) is 13.9 Å². The average Bonchev–Trinajstić information content (AvgIpc) is 2.28. The Morgan fingerprint density at radius 2 is 1.56 bits per heavy atom. The molecule has 1 aromatic rings. The summed E-state index contributed by atoms with van der Waals surface area (Å²) in [7, 11) is 0. The Labute approximate surface area is 94.1 Å². The number of benzene rings is 1. The monoisotopic (exact) mass is 226 g/mol. The van der Waals surface area contributed by atoms with Gasteiger partial charge in [-0.25, -0.2) is 8.78 Å². The van der Waals surface area contributed by atoms with Gasteiger partial charge in [-0.1, -0.05) is 19.3 Å². The predicted octanol–water partition coefficient (Wildman–Crippen LogP) is 3.58. The zero-order chi connectivity index (χ0) is 11.5. The number of rotatable bonds is 2. The van der Waals surface area contributed by atoms with Crippen molar-refractivity contribution in [1.29, 1.82) is 0 Å². The molecule has 16 heavy (non-hydrogen) atoms. The molecule has 0 radical (unpaired) electrons. The van der Waals surface area contributed by atoms with E-state index in [4.69, 9.17) is 0 Å². The van der Waals surface area contributed by atoms with Gasteiger partial charge in [0.05, 0.1) is 6.10 Å².